The molecule has 0 radical (unpaired) electrons. The average Bonchev–Trinajstić information content (AvgIpc) is 2.52. The molecule has 22 heavy (non-hydrogen) atoms. The van der Waals surface area contributed by atoms with Gasteiger partial charge in [0.15, 0.2) is 0 Å². The van der Waals surface area contributed by atoms with E-state index in [4.69, 9.17) is 0 Å². The van der Waals surface area contributed by atoms with Crippen molar-refractivity contribution >= 4 is 29.2 Å². The van der Waals surface area contributed by atoms with E-state index in [2.05, 4.69) is 15.3 Å². The lowest BCUT2D eigenvalue weighted by Crippen LogP contribution is -2.52. The third-order valence-corrected chi connectivity index (χ3v) is 5.82. The Balaban J connectivity index is 2.02. The Hall–Kier alpha value is -0.540. The van der Waals surface area contributed by atoms with E-state index >= 15 is 0 Å². The molecule has 1 saturated heterocycles. The fourth-order valence-corrected chi connectivity index (χ4v) is 4.15. The third kappa shape index (κ3) is 4.26. The number of aliphatic hydroxyl groups is 2. The molecule has 1 aromatic rings. The van der Waals surface area contributed by atoms with Gasteiger partial charge in [0, 0.05) is 25.9 Å². The van der Waals surface area contributed by atoms with Gasteiger partial charge in [-0.3, -0.25) is 4.90 Å². The van der Waals surface area contributed by atoms with Crippen molar-refractivity contribution in [2.24, 2.45) is 0 Å². The summed E-state index contributed by atoms with van der Waals surface area (Å²) in [5.41, 5.74) is -0.00910. The Bertz CT molecular complexity index is 494. The predicted octanol–water partition coefficient (Wildman–Crippen LogP) is 1.50. The maximum absolute atomic E-state index is 10.7. The van der Waals surface area contributed by atoms with Crippen molar-refractivity contribution in [3.8, 4) is 0 Å². The molecule has 0 spiro atoms. The number of likely N-dealkylation sites (tertiary alicyclic amines) is 1. The van der Waals surface area contributed by atoms with Gasteiger partial charge in [0.2, 0.25) is 0 Å². The fraction of sp³-hybridized carbons (Fsp3) is 0.714. The van der Waals surface area contributed by atoms with E-state index in [9.17, 15) is 10.2 Å². The van der Waals surface area contributed by atoms with Crippen LogP contribution in [-0.2, 0) is 0 Å². The molecule has 6 nitrogen and oxygen atoms in total. The SMILES string of the molecule is CNc1c(SC)ncnc1SCC(C)(O)N1CCC(O)CC1. The first kappa shape index (κ1) is 17.8. The number of thioether (sulfide) groups is 2. The summed E-state index contributed by atoms with van der Waals surface area (Å²) < 4.78 is 0. The summed E-state index contributed by atoms with van der Waals surface area (Å²) in [5.74, 6) is 0.516. The Morgan fingerprint density at radius 1 is 1.36 bits per heavy atom. The molecule has 0 amide bonds. The van der Waals surface area contributed by atoms with Crippen molar-refractivity contribution in [1.82, 2.24) is 14.9 Å². The monoisotopic (exact) mass is 344 g/mol. The maximum atomic E-state index is 10.7. The highest BCUT2D eigenvalue weighted by atomic mass is 32.2. The Labute approximate surface area is 140 Å². The highest BCUT2D eigenvalue weighted by Crippen LogP contribution is 2.34. The minimum atomic E-state index is -0.916. The molecular weight excluding hydrogens is 320 g/mol. The van der Waals surface area contributed by atoms with Crippen LogP contribution in [0.5, 0.6) is 0 Å². The molecule has 0 saturated carbocycles. The van der Waals surface area contributed by atoms with Crippen LogP contribution in [0.15, 0.2) is 16.4 Å². The molecule has 1 aromatic heterocycles. The van der Waals surface area contributed by atoms with E-state index < -0.39 is 5.72 Å². The minimum Gasteiger partial charge on any atom is -0.393 e. The molecule has 8 heteroatoms. The first-order chi connectivity index (χ1) is 10.5. The molecule has 1 fully saturated rings. The number of hydrogen-bond donors (Lipinski definition) is 3. The highest BCUT2D eigenvalue weighted by molar-refractivity contribution is 8.00. The molecule has 2 heterocycles. The van der Waals surface area contributed by atoms with Crippen molar-refractivity contribution in [3.05, 3.63) is 6.33 Å². The predicted molar refractivity (Wildman–Crippen MR) is 91.5 cm³/mol. The van der Waals surface area contributed by atoms with Crippen LogP contribution >= 0.6 is 23.5 Å². The average molecular weight is 345 g/mol. The third-order valence-electron chi connectivity index (χ3n) is 3.85. The standard InChI is InChI=1S/C14H24N4O2S2/c1-14(20,18-6-4-10(19)5-7-18)8-22-13-11(15-2)12(21-3)16-9-17-13/h9-10,15,19-20H,4-8H2,1-3H3. The molecule has 1 atom stereocenters. The van der Waals surface area contributed by atoms with Crippen LogP contribution in [0, 0.1) is 0 Å². The second-order valence-corrected chi connectivity index (χ2v) is 7.30. The molecule has 1 aliphatic heterocycles. The zero-order valence-electron chi connectivity index (χ0n) is 13.2. The van der Waals surface area contributed by atoms with Crippen LogP contribution in [-0.4, -0.2) is 69.1 Å². The molecule has 1 unspecified atom stereocenters. The van der Waals surface area contributed by atoms with Gasteiger partial charge in [0.25, 0.3) is 0 Å². The van der Waals surface area contributed by atoms with Crippen LogP contribution in [0.25, 0.3) is 0 Å². The summed E-state index contributed by atoms with van der Waals surface area (Å²) >= 11 is 3.09. The molecule has 0 aliphatic carbocycles. The molecule has 2 rings (SSSR count). The molecule has 3 N–H and O–H groups in total. The van der Waals surface area contributed by atoms with Crippen molar-refractivity contribution in [3.63, 3.8) is 0 Å². The molecule has 1 aliphatic rings. The zero-order valence-corrected chi connectivity index (χ0v) is 14.9. The lowest BCUT2D eigenvalue weighted by molar-refractivity contribution is -0.0956. The number of rotatable bonds is 6. The van der Waals surface area contributed by atoms with Gasteiger partial charge >= 0.3 is 0 Å². The minimum absolute atomic E-state index is 0.235. The number of hydrogen-bond acceptors (Lipinski definition) is 8. The second kappa shape index (κ2) is 7.83. The van der Waals surface area contributed by atoms with Crippen molar-refractivity contribution in [2.45, 2.75) is 41.6 Å². The van der Waals surface area contributed by atoms with Gasteiger partial charge < -0.3 is 15.5 Å². The van der Waals surface area contributed by atoms with Gasteiger partial charge in [0.1, 0.15) is 22.1 Å². The zero-order chi connectivity index (χ0) is 16.2. The number of nitrogens with zero attached hydrogens (tertiary/aromatic N) is 3. The normalized spacial score (nSPS) is 19.9. The number of aliphatic hydroxyl groups excluding tert-OH is 1. The number of nitrogens with one attached hydrogen (secondary N) is 1. The molecular formula is C14H24N4O2S2. The smallest absolute Gasteiger partial charge is 0.125 e. The van der Waals surface area contributed by atoms with Crippen molar-refractivity contribution < 1.29 is 10.2 Å². The summed E-state index contributed by atoms with van der Waals surface area (Å²) in [4.78, 5) is 10.6. The summed E-state index contributed by atoms with van der Waals surface area (Å²) in [5, 5.41) is 25.2. The fourth-order valence-electron chi connectivity index (χ4n) is 2.48. The van der Waals surface area contributed by atoms with Crippen LogP contribution < -0.4 is 5.32 Å². The number of piperidine rings is 1. The van der Waals surface area contributed by atoms with Gasteiger partial charge in [-0.25, -0.2) is 9.97 Å². The summed E-state index contributed by atoms with van der Waals surface area (Å²) in [6.45, 7) is 3.26. The Morgan fingerprint density at radius 2 is 2.00 bits per heavy atom. The Morgan fingerprint density at radius 3 is 2.59 bits per heavy atom. The molecule has 124 valence electrons. The lowest BCUT2D eigenvalue weighted by Gasteiger charge is -2.40. The first-order valence-corrected chi connectivity index (χ1v) is 9.54. The summed E-state index contributed by atoms with van der Waals surface area (Å²) in [7, 11) is 1.85. The van der Waals surface area contributed by atoms with Crippen molar-refractivity contribution in [1.29, 1.82) is 0 Å². The van der Waals surface area contributed by atoms with Gasteiger partial charge in [-0.15, -0.1) is 11.8 Å². The number of aromatic nitrogens is 2. The van der Waals surface area contributed by atoms with E-state index in [-0.39, 0.29) is 6.10 Å². The summed E-state index contributed by atoms with van der Waals surface area (Å²) in [6, 6.07) is 0. The van der Waals surface area contributed by atoms with Gasteiger partial charge in [-0.05, 0) is 26.0 Å². The maximum Gasteiger partial charge on any atom is 0.125 e. The van der Waals surface area contributed by atoms with E-state index in [0.717, 1.165) is 15.7 Å². The van der Waals surface area contributed by atoms with E-state index in [1.807, 2.05) is 25.1 Å². The van der Waals surface area contributed by atoms with Crippen LogP contribution in [0.4, 0.5) is 5.69 Å². The van der Waals surface area contributed by atoms with Gasteiger partial charge in [-0.2, -0.15) is 0 Å². The van der Waals surface area contributed by atoms with Gasteiger partial charge in [-0.1, -0.05) is 11.8 Å². The second-order valence-electron chi connectivity index (χ2n) is 5.54. The quantitative estimate of drug-likeness (QED) is 0.529. The van der Waals surface area contributed by atoms with E-state index in [1.165, 1.54) is 11.8 Å². The summed E-state index contributed by atoms with van der Waals surface area (Å²) in [6.07, 6.45) is 4.73. The lowest BCUT2D eigenvalue weighted by atomic mass is 10.1. The van der Waals surface area contributed by atoms with E-state index in [0.29, 0.717) is 31.7 Å². The molecule has 0 aromatic carbocycles. The highest BCUT2D eigenvalue weighted by Gasteiger charge is 2.32. The topological polar surface area (TPSA) is 81.5 Å². The van der Waals surface area contributed by atoms with Crippen LogP contribution in [0.1, 0.15) is 19.8 Å². The largest absolute Gasteiger partial charge is 0.393 e. The van der Waals surface area contributed by atoms with Crippen LogP contribution in [0.3, 0.4) is 0 Å². The van der Waals surface area contributed by atoms with Gasteiger partial charge in [0.05, 0.1) is 11.8 Å². The Kier molecular flexibility index (Phi) is 6.34. The van der Waals surface area contributed by atoms with E-state index in [1.54, 1.807) is 18.1 Å². The first-order valence-electron chi connectivity index (χ1n) is 7.33. The van der Waals surface area contributed by atoms with Crippen molar-refractivity contribution in [2.75, 3.05) is 37.5 Å². The molecule has 0 bridgehead atoms. The number of anilines is 1. The van der Waals surface area contributed by atoms with Crippen LogP contribution in [0.2, 0.25) is 0 Å².